The summed E-state index contributed by atoms with van der Waals surface area (Å²) in [7, 11) is 0. The van der Waals surface area contributed by atoms with Crippen molar-refractivity contribution in [2.75, 3.05) is 0 Å². The zero-order valence-corrected chi connectivity index (χ0v) is 9.65. The van der Waals surface area contributed by atoms with E-state index in [1.807, 2.05) is 11.4 Å². The summed E-state index contributed by atoms with van der Waals surface area (Å²) in [6.45, 7) is 0. The lowest BCUT2D eigenvalue weighted by Crippen LogP contribution is -1.90. The number of carbonyl (C=O) groups is 1. The lowest BCUT2D eigenvalue weighted by atomic mass is 10.3. The Morgan fingerprint density at radius 3 is 2.82 bits per heavy atom. The SMILES string of the molecule is N#Cc1ncc(-c2nc(CCC=O)cs2)cn1. The summed E-state index contributed by atoms with van der Waals surface area (Å²) >= 11 is 1.48. The fourth-order valence-electron chi connectivity index (χ4n) is 1.26. The summed E-state index contributed by atoms with van der Waals surface area (Å²) in [5.41, 5.74) is 1.67. The summed E-state index contributed by atoms with van der Waals surface area (Å²) in [6.07, 6.45) is 5.16. The molecule has 0 radical (unpaired) electrons. The minimum absolute atomic E-state index is 0.145. The molecule has 5 nitrogen and oxygen atoms in total. The van der Waals surface area contributed by atoms with Crippen molar-refractivity contribution < 1.29 is 4.79 Å². The van der Waals surface area contributed by atoms with Crippen molar-refractivity contribution in [1.82, 2.24) is 15.0 Å². The van der Waals surface area contributed by atoms with Gasteiger partial charge in [-0.05, 0) is 6.42 Å². The van der Waals surface area contributed by atoms with Gasteiger partial charge in [0, 0.05) is 29.8 Å². The van der Waals surface area contributed by atoms with Crippen molar-refractivity contribution in [3.63, 3.8) is 0 Å². The number of hydrogen-bond acceptors (Lipinski definition) is 6. The topological polar surface area (TPSA) is 79.5 Å². The number of hydrogen-bond donors (Lipinski definition) is 0. The molecule has 2 aromatic rings. The van der Waals surface area contributed by atoms with Gasteiger partial charge < -0.3 is 4.79 Å². The Kier molecular flexibility index (Phi) is 3.52. The van der Waals surface area contributed by atoms with Gasteiger partial charge in [0.1, 0.15) is 17.4 Å². The third-order valence-electron chi connectivity index (χ3n) is 2.07. The molecule has 0 bridgehead atoms. The molecular weight excluding hydrogens is 236 g/mol. The smallest absolute Gasteiger partial charge is 0.232 e. The first-order valence-corrected chi connectivity index (χ1v) is 5.82. The van der Waals surface area contributed by atoms with Crippen LogP contribution in [0.15, 0.2) is 17.8 Å². The van der Waals surface area contributed by atoms with Gasteiger partial charge >= 0.3 is 0 Å². The third kappa shape index (κ3) is 2.71. The number of carbonyl (C=O) groups excluding carboxylic acids is 1. The first kappa shape index (κ1) is 11.4. The molecule has 0 aromatic carbocycles. The molecule has 0 saturated heterocycles. The van der Waals surface area contributed by atoms with E-state index in [1.54, 1.807) is 12.4 Å². The van der Waals surface area contributed by atoms with Crippen LogP contribution in [0, 0.1) is 11.3 Å². The number of thiazole rings is 1. The van der Waals surface area contributed by atoms with Crippen molar-refractivity contribution in [1.29, 1.82) is 5.26 Å². The fraction of sp³-hybridized carbons (Fsp3) is 0.182. The van der Waals surface area contributed by atoms with Crippen LogP contribution in [0.25, 0.3) is 10.6 Å². The van der Waals surface area contributed by atoms with Crippen molar-refractivity contribution in [2.24, 2.45) is 0 Å². The van der Waals surface area contributed by atoms with Crippen LogP contribution in [-0.2, 0) is 11.2 Å². The van der Waals surface area contributed by atoms with E-state index in [4.69, 9.17) is 5.26 Å². The molecule has 2 aromatic heterocycles. The Balaban J connectivity index is 2.18. The highest BCUT2D eigenvalue weighted by Crippen LogP contribution is 2.22. The van der Waals surface area contributed by atoms with Crippen molar-refractivity contribution in [2.45, 2.75) is 12.8 Å². The molecule has 84 valence electrons. The molecule has 0 aliphatic carbocycles. The van der Waals surface area contributed by atoms with E-state index in [0.29, 0.717) is 12.8 Å². The van der Waals surface area contributed by atoms with Crippen LogP contribution in [0.3, 0.4) is 0 Å². The van der Waals surface area contributed by atoms with E-state index in [2.05, 4.69) is 15.0 Å². The van der Waals surface area contributed by atoms with Gasteiger partial charge in [-0.15, -0.1) is 11.3 Å². The number of aromatic nitrogens is 3. The fourth-order valence-corrected chi connectivity index (χ4v) is 2.09. The standard InChI is InChI=1S/C11H8N4OS/c12-4-10-13-5-8(6-14-10)11-15-9(7-17-11)2-1-3-16/h3,5-7H,1-2H2. The van der Waals surface area contributed by atoms with Crippen LogP contribution >= 0.6 is 11.3 Å². The molecule has 0 spiro atoms. The van der Waals surface area contributed by atoms with Crippen LogP contribution in [-0.4, -0.2) is 21.2 Å². The highest BCUT2D eigenvalue weighted by molar-refractivity contribution is 7.13. The molecular formula is C11H8N4OS. The lowest BCUT2D eigenvalue weighted by Gasteiger charge is -1.94. The van der Waals surface area contributed by atoms with Crippen LogP contribution in [0.5, 0.6) is 0 Å². The molecule has 0 atom stereocenters. The molecule has 17 heavy (non-hydrogen) atoms. The van der Waals surface area contributed by atoms with Gasteiger partial charge in [-0.2, -0.15) is 5.26 Å². The second-order valence-electron chi connectivity index (χ2n) is 3.26. The second-order valence-corrected chi connectivity index (χ2v) is 4.11. The molecule has 0 saturated carbocycles. The summed E-state index contributed by atoms with van der Waals surface area (Å²) in [5.74, 6) is 0.145. The third-order valence-corrected chi connectivity index (χ3v) is 3.01. The molecule has 0 fully saturated rings. The summed E-state index contributed by atoms with van der Waals surface area (Å²) in [5, 5.41) is 11.3. The van der Waals surface area contributed by atoms with Gasteiger partial charge in [0.05, 0.1) is 5.69 Å². The van der Waals surface area contributed by atoms with Crippen LogP contribution < -0.4 is 0 Å². The number of nitriles is 1. The van der Waals surface area contributed by atoms with E-state index in [-0.39, 0.29) is 5.82 Å². The normalized spacial score (nSPS) is 9.82. The number of aldehydes is 1. The highest BCUT2D eigenvalue weighted by atomic mass is 32.1. The summed E-state index contributed by atoms with van der Waals surface area (Å²) < 4.78 is 0. The number of rotatable bonds is 4. The molecule has 2 heterocycles. The molecule has 0 N–H and O–H groups in total. The lowest BCUT2D eigenvalue weighted by molar-refractivity contribution is -0.107. The Hall–Kier alpha value is -2.13. The van der Waals surface area contributed by atoms with Gasteiger partial charge in [0.25, 0.3) is 0 Å². The zero-order valence-electron chi connectivity index (χ0n) is 8.83. The zero-order chi connectivity index (χ0) is 12.1. The Labute approximate surface area is 102 Å². The maximum Gasteiger partial charge on any atom is 0.232 e. The number of aryl methyl sites for hydroxylation is 1. The largest absolute Gasteiger partial charge is 0.303 e. The molecule has 2 rings (SSSR count). The quantitative estimate of drug-likeness (QED) is 0.763. The Morgan fingerprint density at radius 2 is 2.18 bits per heavy atom. The van der Waals surface area contributed by atoms with Crippen molar-refractivity contribution in [3.8, 4) is 16.6 Å². The first-order valence-electron chi connectivity index (χ1n) is 4.94. The summed E-state index contributed by atoms with van der Waals surface area (Å²) in [6, 6.07) is 1.86. The van der Waals surface area contributed by atoms with Gasteiger partial charge in [0.15, 0.2) is 0 Å². The van der Waals surface area contributed by atoms with Gasteiger partial charge in [-0.25, -0.2) is 15.0 Å². The molecule has 0 aliphatic heterocycles. The van der Waals surface area contributed by atoms with Gasteiger partial charge in [-0.1, -0.05) is 0 Å². The average Bonchev–Trinajstić information content (AvgIpc) is 2.85. The van der Waals surface area contributed by atoms with Gasteiger partial charge in [0.2, 0.25) is 5.82 Å². The van der Waals surface area contributed by atoms with Crippen LogP contribution in [0.4, 0.5) is 0 Å². The maximum absolute atomic E-state index is 10.3. The van der Waals surface area contributed by atoms with Crippen LogP contribution in [0.1, 0.15) is 17.9 Å². The van der Waals surface area contributed by atoms with Crippen molar-refractivity contribution >= 4 is 17.6 Å². The van der Waals surface area contributed by atoms with Gasteiger partial charge in [-0.3, -0.25) is 0 Å². The van der Waals surface area contributed by atoms with Crippen molar-refractivity contribution in [3.05, 3.63) is 29.3 Å². The van der Waals surface area contributed by atoms with Crippen LogP contribution in [0.2, 0.25) is 0 Å². The molecule has 0 amide bonds. The van der Waals surface area contributed by atoms with E-state index in [9.17, 15) is 4.79 Å². The Bertz CT molecular complexity index is 556. The summed E-state index contributed by atoms with van der Waals surface area (Å²) in [4.78, 5) is 22.4. The Morgan fingerprint density at radius 1 is 1.41 bits per heavy atom. The molecule has 6 heteroatoms. The number of nitrogens with zero attached hydrogens (tertiary/aromatic N) is 4. The minimum atomic E-state index is 0.145. The predicted octanol–water partition coefficient (Wildman–Crippen LogP) is 1.60. The maximum atomic E-state index is 10.3. The average molecular weight is 244 g/mol. The predicted molar refractivity (Wildman–Crippen MR) is 62.2 cm³/mol. The van der Waals surface area contributed by atoms with E-state index < -0.39 is 0 Å². The monoisotopic (exact) mass is 244 g/mol. The molecule has 0 unspecified atom stereocenters. The molecule has 0 aliphatic rings. The second kappa shape index (κ2) is 5.27. The van der Waals surface area contributed by atoms with E-state index in [0.717, 1.165) is 22.6 Å². The highest BCUT2D eigenvalue weighted by Gasteiger charge is 2.05. The van der Waals surface area contributed by atoms with E-state index in [1.165, 1.54) is 11.3 Å². The van der Waals surface area contributed by atoms with E-state index >= 15 is 0 Å². The minimum Gasteiger partial charge on any atom is -0.303 e. The first-order chi connectivity index (χ1) is 8.33.